The fraction of sp³-hybridized carbons (Fsp3) is 0.533. The van der Waals surface area contributed by atoms with Gasteiger partial charge in [-0.25, -0.2) is 4.79 Å². The minimum Gasteiger partial charge on any atom is -1.00 e. The van der Waals surface area contributed by atoms with Gasteiger partial charge in [0.05, 0.1) is 0 Å². The van der Waals surface area contributed by atoms with Gasteiger partial charge in [0.1, 0.15) is 11.3 Å². The van der Waals surface area contributed by atoms with Gasteiger partial charge in [-0.15, -0.1) is 0 Å². The van der Waals surface area contributed by atoms with E-state index < -0.39 is 5.97 Å². The van der Waals surface area contributed by atoms with Crippen molar-refractivity contribution in [3.05, 3.63) is 28.8 Å². The standard InChI is InChI=1S/C15H22O3.Na.H/c1-14(2,3)9-7-10(13(17)18)12(16)11(8-9)15(4,5)6;;/h7-8,16H,1-6H3,(H,17,18);;/q;+1;-1. The van der Waals surface area contributed by atoms with Crippen molar-refractivity contribution in [2.75, 3.05) is 0 Å². The largest absolute Gasteiger partial charge is 1.00 e. The van der Waals surface area contributed by atoms with Crippen LogP contribution >= 0.6 is 0 Å². The zero-order valence-electron chi connectivity index (χ0n) is 14.0. The molecule has 0 spiro atoms. The molecular formula is C15H23NaO3. The van der Waals surface area contributed by atoms with Crippen LogP contribution in [0.4, 0.5) is 0 Å². The predicted octanol–water partition coefficient (Wildman–Crippen LogP) is 0.802. The SMILES string of the molecule is CC(C)(C)c1cc(C(=O)O)c(O)c(C(C)(C)C)c1.[H-].[Na+]. The van der Waals surface area contributed by atoms with Gasteiger partial charge in [-0.3, -0.25) is 0 Å². The van der Waals surface area contributed by atoms with Crippen LogP contribution in [0.2, 0.25) is 0 Å². The minimum absolute atomic E-state index is 0. The third-order valence-corrected chi connectivity index (χ3v) is 3.01. The number of phenols is 1. The molecule has 0 aliphatic carbocycles. The Hall–Kier alpha value is -0.510. The van der Waals surface area contributed by atoms with Crippen molar-refractivity contribution in [3.63, 3.8) is 0 Å². The summed E-state index contributed by atoms with van der Waals surface area (Å²) in [6.45, 7) is 12.0. The molecule has 0 atom stereocenters. The van der Waals surface area contributed by atoms with E-state index in [-0.39, 0.29) is 53.1 Å². The van der Waals surface area contributed by atoms with Crippen LogP contribution in [0.25, 0.3) is 0 Å². The molecule has 1 aromatic rings. The van der Waals surface area contributed by atoms with Crippen LogP contribution in [-0.2, 0) is 10.8 Å². The summed E-state index contributed by atoms with van der Waals surface area (Å²) in [5, 5.41) is 19.3. The molecule has 0 unspecified atom stereocenters. The molecule has 1 rings (SSSR count). The van der Waals surface area contributed by atoms with Crippen LogP contribution < -0.4 is 29.6 Å². The summed E-state index contributed by atoms with van der Waals surface area (Å²) in [5.41, 5.74) is 1.12. The summed E-state index contributed by atoms with van der Waals surface area (Å²) in [4.78, 5) is 11.2. The van der Waals surface area contributed by atoms with Gasteiger partial charge in [0.15, 0.2) is 0 Å². The molecule has 0 aliphatic rings. The molecule has 19 heavy (non-hydrogen) atoms. The molecule has 1 aromatic carbocycles. The van der Waals surface area contributed by atoms with Crippen molar-refractivity contribution in [2.45, 2.75) is 52.4 Å². The van der Waals surface area contributed by atoms with E-state index in [4.69, 9.17) is 0 Å². The first-order chi connectivity index (χ1) is 7.94. The van der Waals surface area contributed by atoms with E-state index in [0.29, 0.717) is 5.56 Å². The Balaban J connectivity index is 0. The first-order valence-corrected chi connectivity index (χ1v) is 6.06. The van der Waals surface area contributed by atoms with E-state index in [2.05, 4.69) is 0 Å². The molecule has 0 aromatic heterocycles. The van der Waals surface area contributed by atoms with E-state index in [9.17, 15) is 15.0 Å². The summed E-state index contributed by atoms with van der Waals surface area (Å²) < 4.78 is 0. The van der Waals surface area contributed by atoms with E-state index in [1.54, 1.807) is 6.07 Å². The molecule has 2 N–H and O–H groups in total. The van der Waals surface area contributed by atoms with Crippen molar-refractivity contribution in [2.24, 2.45) is 0 Å². The number of hydrogen-bond donors (Lipinski definition) is 2. The molecule has 0 amide bonds. The molecular weight excluding hydrogens is 251 g/mol. The molecule has 0 bridgehead atoms. The van der Waals surface area contributed by atoms with Crippen molar-refractivity contribution in [1.82, 2.24) is 0 Å². The van der Waals surface area contributed by atoms with Gasteiger partial charge in [0.2, 0.25) is 0 Å². The molecule has 0 aliphatic heterocycles. The molecule has 4 heteroatoms. The van der Waals surface area contributed by atoms with Gasteiger partial charge in [0, 0.05) is 5.56 Å². The first kappa shape index (κ1) is 18.5. The Morgan fingerprint density at radius 3 is 1.84 bits per heavy atom. The Kier molecular flexibility index (Phi) is 5.70. The number of carbonyl (C=O) groups is 1. The summed E-state index contributed by atoms with van der Waals surface area (Å²) >= 11 is 0. The van der Waals surface area contributed by atoms with E-state index in [0.717, 1.165) is 5.56 Å². The second-order valence-corrected chi connectivity index (χ2v) is 6.73. The second kappa shape index (κ2) is 5.86. The van der Waals surface area contributed by atoms with Crippen LogP contribution in [0, 0.1) is 0 Å². The van der Waals surface area contributed by atoms with Crippen molar-refractivity contribution >= 4 is 5.97 Å². The monoisotopic (exact) mass is 274 g/mol. The summed E-state index contributed by atoms with van der Waals surface area (Å²) in [7, 11) is 0. The van der Waals surface area contributed by atoms with Gasteiger partial charge < -0.3 is 11.6 Å². The summed E-state index contributed by atoms with van der Waals surface area (Å²) in [5.74, 6) is -1.22. The third kappa shape index (κ3) is 4.23. The van der Waals surface area contributed by atoms with Crippen LogP contribution in [-0.4, -0.2) is 16.2 Å². The van der Waals surface area contributed by atoms with Crippen molar-refractivity contribution in [3.8, 4) is 5.75 Å². The number of carboxylic acid groups (broad SMARTS) is 1. The van der Waals surface area contributed by atoms with Gasteiger partial charge in [0.25, 0.3) is 0 Å². The smallest absolute Gasteiger partial charge is 1.00 e. The quantitative estimate of drug-likeness (QED) is 0.745. The van der Waals surface area contributed by atoms with Crippen LogP contribution in [0.15, 0.2) is 12.1 Å². The number of aromatic carboxylic acids is 1. The number of carboxylic acids is 1. The molecule has 0 saturated carbocycles. The maximum Gasteiger partial charge on any atom is 1.00 e. The Morgan fingerprint density at radius 2 is 1.53 bits per heavy atom. The molecule has 0 fully saturated rings. The molecule has 102 valence electrons. The maximum atomic E-state index is 11.2. The van der Waals surface area contributed by atoms with Gasteiger partial charge in [-0.1, -0.05) is 47.6 Å². The van der Waals surface area contributed by atoms with Crippen molar-refractivity contribution in [1.29, 1.82) is 0 Å². The number of rotatable bonds is 1. The molecule has 3 nitrogen and oxygen atoms in total. The third-order valence-electron chi connectivity index (χ3n) is 3.01. The number of hydrogen-bond acceptors (Lipinski definition) is 2. The first-order valence-electron chi connectivity index (χ1n) is 6.06. The average molecular weight is 274 g/mol. The van der Waals surface area contributed by atoms with Gasteiger partial charge in [-0.05, 0) is 22.5 Å². The Morgan fingerprint density at radius 1 is 1.05 bits per heavy atom. The number of aromatic hydroxyl groups is 1. The van der Waals surface area contributed by atoms with Gasteiger partial charge in [-0.2, -0.15) is 0 Å². The van der Waals surface area contributed by atoms with Gasteiger partial charge >= 0.3 is 35.5 Å². The normalized spacial score (nSPS) is 11.9. The minimum atomic E-state index is -1.09. The molecule has 0 radical (unpaired) electrons. The maximum absolute atomic E-state index is 11.2. The average Bonchev–Trinajstić information content (AvgIpc) is 2.13. The van der Waals surface area contributed by atoms with Crippen LogP contribution in [0.1, 0.15) is 64.5 Å². The van der Waals surface area contributed by atoms with Crippen LogP contribution in [0.3, 0.4) is 0 Å². The molecule has 0 heterocycles. The Labute approximate surface area is 138 Å². The van der Waals surface area contributed by atoms with Crippen LogP contribution in [0.5, 0.6) is 5.75 Å². The van der Waals surface area contributed by atoms with E-state index in [1.165, 1.54) is 0 Å². The fourth-order valence-electron chi connectivity index (χ4n) is 1.80. The number of benzene rings is 1. The summed E-state index contributed by atoms with van der Waals surface area (Å²) in [6, 6.07) is 3.47. The van der Waals surface area contributed by atoms with E-state index in [1.807, 2.05) is 47.6 Å². The Bertz CT molecular complexity index is 485. The predicted molar refractivity (Wildman–Crippen MR) is 73.6 cm³/mol. The van der Waals surface area contributed by atoms with Crippen molar-refractivity contribution < 1.29 is 46.0 Å². The van der Waals surface area contributed by atoms with E-state index >= 15 is 0 Å². The zero-order chi connectivity index (χ0) is 14.3. The second-order valence-electron chi connectivity index (χ2n) is 6.73. The fourth-order valence-corrected chi connectivity index (χ4v) is 1.80. The summed E-state index contributed by atoms with van der Waals surface area (Å²) in [6.07, 6.45) is 0. The molecule has 0 saturated heterocycles. The topological polar surface area (TPSA) is 57.5 Å². The zero-order valence-corrected chi connectivity index (χ0v) is 15.0.